The minimum atomic E-state index is 0.127. The quantitative estimate of drug-likeness (QED) is 0.205. The molecule has 0 aromatic heterocycles. The van der Waals surface area contributed by atoms with E-state index in [0.717, 1.165) is 28.8 Å². The Morgan fingerprint density at radius 1 is 0.854 bits per heavy atom. The van der Waals surface area contributed by atoms with Crippen LogP contribution in [0.3, 0.4) is 0 Å². The van der Waals surface area contributed by atoms with Crippen LogP contribution in [0, 0.1) is 18.8 Å². The van der Waals surface area contributed by atoms with Crippen molar-refractivity contribution in [2.75, 3.05) is 9.80 Å². The molecule has 246 valence electrons. The zero-order chi connectivity index (χ0) is 34.5. The summed E-state index contributed by atoms with van der Waals surface area (Å²) in [4.78, 5) is 5.05. The Bertz CT molecular complexity index is 1920. The maximum Gasteiger partial charge on any atom is 0.0613 e. The highest BCUT2D eigenvalue weighted by atomic mass is 15.2. The number of rotatable bonds is 10. The van der Waals surface area contributed by atoms with E-state index < -0.39 is 0 Å². The summed E-state index contributed by atoms with van der Waals surface area (Å²) < 4.78 is 0. The Balaban J connectivity index is 1.93. The summed E-state index contributed by atoms with van der Waals surface area (Å²) in [6, 6.07) is 18.0. The number of allylic oxidation sites excluding steroid dienone is 12. The maximum absolute atomic E-state index is 4.49. The van der Waals surface area contributed by atoms with Crippen LogP contribution in [-0.4, -0.2) is 6.04 Å². The van der Waals surface area contributed by atoms with E-state index in [1.165, 1.54) is 50.2 Å². The lowest BCUT2D eigenvalue weighted by Crippen LogP contribution is -2.36. The van der Waals surface area contributed by atoms with Crippen molar-refractivity contribution in [3.8, 4) is 0 Å². The van der Waals surface area contributed by atoms with Crippen LogP contribution in [0.5, 0.6) is 0 Å². The molecule has 2 aliphatic carbocycles. The van der Waals surface area contributed by atoms with Gasteiger partial charge in [-0.15, -0.1) is 0 Å². The van der Waals surface area contributed by atoms with Crippen LogP contribution < -0.4 is 9.80 Å². The van der Waals surface area contributed by atoms with E-state index in [-0.39, 0.29) is 6.04 Å². The highest BCUT2D eigenvalue weighted by molar-refractivity contribution is 6.11. The summed E-state index contributed by atoms with van der Waals surface area (Å²) in [5.74, 6) is 0.654. The largest absolute Gasteiger partial charge is 0.333 e. The van der Waals surface area contributed by atoms with Crippen molar-refractivity contribution in [3.05, 3.63) is 161 Å². The number of hydrogen-bond acceptors (Lipinski definition) is 2. The van der Waals surface area contributed by atoms with E-state index in [0.29, 0.717) is 11.8 Å². The molecule has 5 rings (SSSR count). The fraction of sp³-hybridized carbons (Fsp3) is 0.261. The van der Waals surface area contributed by atoms with E-state index >= 15 is 0 Å². The van der Waals surface area contributed by atoms with Gasteiger partial charge in [0.2, 0.25) is 0 Å². The molecular weight excluding hydrogens is 581 g/mol. The van der Waals surface area contributed by atoms with Crippen molar-refractivity contribution in [1.29, 1.82) is 0 Å². The third kappa shape index (κ3) is 6.90. The topological polar surface area (TPSA) is 6.48 Å². The fourth-order valence-electron chi connectivity index (χ4n) is 7.20. The van der Waals surface area contributed by atoms with Gasteiger partial charge in [0.05, 0.1) is 17.4 Å². The van der Waals surface area contributed by atoms with Crippen molar-refractivity contribution < 1.29 is 0 Å². The third-order valence-electron chi connectivity index (χ3n) is 9.66. The van der Waals surface area contributed by atoms with Crippen molar-refractivity contribution in [2.24, 2.45) is 11.8 Å². The Morgan fingerprint density at radius 2 is 1.54 bits per heavy atom. The summed E-state index contributed by atoms with van der Waals surface area (Å²) >= 11 is 0. The lowest BCUT2D eigenvalue weighted by molar-refractivity contribution is 0.606. The van der Waals surface area contributed by atoms with Crippen LogP contribution in [0.15, 0.2) is 144 Å². The first kappa shape index (κ1) is 34.5. The molecular formula is C46H52N2. The van der Waals surface area contributed by atoms with Crippen molar-refractivity contribution in [2.45, 2.75) is 67.9 Å². The van der Waals surface area contributed by atoms with Crippen LogP contribution in [-0.2, 0) is 0 Å². The van der Waals surface area contributed by atoms with Gasteiger partial charge in [-0.3, -0.25) is 0 Å². The van der Waals surface area contributed by atoms with E-state index in [1.54, 1.807) is 0 Å². The predicted octanol–water partition coefficient (Wildman–Crippen LogP) is 13.2. The van der Waals surface area contributed by atoms with E-state index in [9.17, 15) is 0 Å². The van der Waals surface area contributed by atoms with Crippen LogP contribution in [0.4, 0.5) is 17.1 Å². The molecule has 2 unspecified atom stereocenters. The first-order valence-electron chi connectivity index (χ1n) is 17.3. The fourth-order valence-corrected chi connectivity index (χ4v) is 7.20. The van der Waals surface area contributed by atoms with Gasteiger partial charge in [0.25, 0.3) is 0 Å². The van der Waals surface area contributed by atoms with Crippen LogP contribution in [0.1, 0.15) is 71.6 Å². The first-order chi connectivity index (χ1) is 23.1. The number of aryl methyl sites for hydroxylation is 1. The van der Waals surface area contributed by atoms with Gasteiger partial charge in [-0.05, 0) is 78.2 Å². The Kier molecular flexibility index (Phi) is 10.7. The molecule has 0 spiro atoms. The molecule has 48 heavy (non-hydrogen) atoms. The molecule has 3 aromatic carbocycles. The molecule has 0 bridgehead atoms. The van der Waals surface area contributed by atoms with Crippen molar-refractivity contribution in [1.82, 2.24) is 0 Å². The molecule has 0 saturated carbocycles. The Morgan fingerprint density at radius 3 is 2.15 bits per heavy atom. The minimum Gasteiger partial charge on any atom is -0.333 e. The van der Waals surface area contributed by atoms with Gasteiger partial charge < -0.3 is 9.80 Å². The average Bonchev–Trinajstić information content (AvgIpc) is 3.07. The molecule has 2 aliphatic rings. The van der Waals surface area contributed by atoms with Crippen LogP contribution >= 0.6 is 0 Å². The van der Waals surface area contributed by atoms with Gasteiger partial charge in [0.1, 0.15) is 0 Å². The molecule has 2 heteroatoms. The van der Waals surface area contributed by atoms with Crippen molar-refractivity contribution >= 4 is 40.0 Å². The highest BCUT2D eigenvalue weighted by Crippen LogP contribution is 2.49. The zero-order valence-electron chi connectivity index (χ0n) is 30.2. The molecule has 0 radical (unpaired) electrons. The van der Waals surface area contributed by atoms with Crippen molar-refractivity contribution in [3.63, 3.8) is 0 Å². The number of nitrogens with zero attached hydrogens (tertiary/aromatic N) is 2. The Labute approximate surface area is 289 Å². The van der Waals surface area contributed by atoms with Gasteiger partial charge in [-0.1, -0.05) is 140 Å². The van der Waals surface area contributed by atoms with Gasteiger partial charge in [0, 0.05) is 44.9 Å². The molecule has 0 saturated heterocycles. The van der Waals surface area contributed by atoms with E-state index in [4.69, 9.17) is 0 Å². The maximum atomic E-state index is 4.49. The molecule has 0 amide bonds. The lowest BCUT2D eigenvalue weighted by atomic mass is 9.87. The van der Waals surface area contributed by atoms with Gasteiger partial charge in [0.15, 0.2) is 0 Å². The smallest absolute Gasteiger partial charge is 0.0613 e. The van der Waals surface area contributed by atoms with Gasteiger partial charge in [-0.2, -0.15) is 0 Å². The number of fused-ring (bicyclic) bond motifs is 1. The lowest BCUT2D eigenvalue weighted by Gasteiger charge is -2.40. The molecule has 0 heterocycles. The van der Waals surface area contributed by atoms with Crippen LogP contribution in [0.2, 0.25) is 0 Å². The SMILES string of the molecule is C=C/C(C)=C\C=C(/C)N(C1=CC=C(C)C[C@H]1C)c1c(/C=C\C)c(C=C)c(N(c2ccc(C)cc2)C2C=CC(C)=CC2C)c2ccccc12. The highest BCUT2D eigenvalue weighted by Gasteiger charge is 2.32. The first-order valence-corrected chi connectivity index (χ1v) is 17.3. The van der Waals surface area contributed by atoms with Crippen LogP contribution in [0.25, 0.3) is 22.9 Å². The second-order valence-corrected chi connectivity index (χ2v) is 13.6. The summed E-state index contributed by atoms with van der Waals surface area (Å²) in [5.41, 5.74) is 13.3. The summed E-state index contributed by atoms with van der Waals surface area (Å²) in [6.07, 6.45) is 25.5. The zero-order valence-corrected chi connectivity index (χ0v) is 30.2. The monoisotopic (exact) mass is 632 g/mol. The number of hydrogen-bond donors (Lipinski definition) is 0. The Hall–Kier alpha value is -4.82. The molecule has 0 aliphatic heterocycles. The normalized spacial score (nSPS) is 20.0. The molecule has 2 nitrogen and oxygen atoms in total. The molecule has 3 aromatic rings. The number of anilines is 3. The third-order valence-corrected chi connectivity index (χ3v) is 9.66. The molecule has 3 atom stereocenters. The molecule has 0 N–H and O–H groups in total. The summed E-state index contributed by atoms with van der Waals surface area (Å²) in [7, 11) is 0. The second kappa shape index (κ2) is 14.9. The summed E-state index contributed by atoms with van der Waals surface area (Å²) in [5, 5.41) is 2.41. The molecule has 0 fully saturated rings. The second-order valence-electron chi connectivity index (χ2n) is 13.6. The standard InChI is InChI=1S/C46H52N2/c1-11-16-40-39(13-3)45(48(38-25-20-32(5)21-26-38)44-28-23-34(7)30-36(44)9)41-17-14-15-18-42(41)46(40)47(37(10)24-19-31(4)12-2)43-27-22-33(6)29-35(43)8/h11-28,30,35-36,44H,2-3,29H2,1,4-10H3/b16-11-,31-19-,37-24+/t35-,36?,44?/m1/s1. The van der Waals surface area contributed by atoms with E-state index in [2.05, 4.69) is 188 Å². The summed E-state index contributed by atoms with van der Waals surface area (Å²) in [6.45, 7) is 26.2. The number of benzene rings is 3. The van der Waals surface area contributed by atoms with Gasteiger partial charge in [-0.25, -0.2) is 0 Å². The predicted molar refractivity (Wildman–Crippen MR) is 214 cm³/mol. The van der Waals surface area contributed by atoms with Gasteiger partial charge >= 0.3 is 0 Å². The van der Waals surface area contributed by atoms with E-state index in [1.807, 2.05) is 6.08 Å². The average molecular weight is 633 g/mol. The minimum absolute atomic E-state index is 0.127.